The number of hydrogen-bond donors (Lipinski definition) is 1. The molecule has 0 saturated heterocycles. The summed E-state index contributed by atoms with van der Waals surface area (Å²) in [6.07, 6.45) is 4.11. The van der Waals surface area contributed by atoms with Crippen molar-refractivity contribution < 1.29 is 15.0 Å². The summed E-state index contributed by atoms with van der Waals surface area (Å²) < 4.78 is 0. The summed E-state index contributed by atoms with van der Waals surface area (Å²) in [7, 11) is 0. The highest BCUT2D eigenvalue weighted by Gasteiger charge is 2.03. The van der Waals surface area contributed by atoms with E-state index in [0.29, 0.717) is 5.56 Å². The van der Waals surface area contributed by atoms with Crippen molar-refractivity contribution in [1.29, 1.82) is 0 Å². The van der Waals surface area contributed by atoms with Crippen LogP contribution in [0.4, 0.5) is 0 Å². The van der Waals surface area contributed by atoms with Gasteiger partial charge < -0.3 is 15.0 Å². The number of phenolic OH excluding ortho intramolecular Hbond substituents is 1. The number of carboxylic acid groups (broad SMARTS) is 1. The van der Waals surface area contributed by atoms with Crippen molar-refractivity contribution in [2.45, 2.75) is 39.0 Å². The van der Waals surface area contributed by atoms with Gasteiger partial charge >= 0.3 is 0 Å². The van der Waals surface area contributed by atoms with Gasteiger partial charge in [0.2, 0.25) is 0 Å². The number of carboxylic acids is 1. The summed E-state index contributed by atoms with van der Waals surface area (Å²) in [5.74, 6) is -1.13. The maximum Gasteiger partial charge on any atom is 0.119 e. The lowest BCUT2D eigenvalue weighted by atomic mass is 10.0. The van der Waals surface area contributed by atoms with E-state index < -0.39 is 5.97 Å². The standard InChI is InChI=1S/C13H18O3/c1-2-3-4-5-10-6-7-12(14)11(8-10)9-13(15)16/h6-8,14H,2-5,9H2,1H3,(H,15,16)/p-1. The zero-order valence-electron chi connectivity index (χ0n) is 9.53. The lowest BCUT2D eigenvalue weighted by molar-refractivity contribution is -0.304. The molecule has 0 spiro atoms. The zero-order valence-corrected chi connectivity index (χ0v) is 9.53. The molecule has 0 aliphatic rings. The lowest BCUT2D eigenvalue weighted by Gasteiger charge is -2.08. The van der Waals surface area contributed by atoms with Gasteiger partial charge in [-0.2, -0.15) is 0 Å². The fourth-order valence-corrected chi connectivity index (χ4v) is 1.67. The Bertz CT molecular complexity index is 358. The average molecular weight is 221 g/mol. The Morgan fingerprint density at radius 2 is 2.12 bits per heavy atom. The molecule has 0 aromatic heterocycles. The molecule has 0 heterocycles. The van der Waals surface area contributed by atoms with Gasteiger partial charge in [0, 0.05) is 12.4 Å². The quantitative estimate of drug-likeness (QED) is 0.739. The Hall–Kier alpha value is -1.51. The van der Waals surface area contributed by atoms with Gasteiger partial charge in [0.25, 0.3) is 0 Å². The summed E-state index contributed by atoms with van der Waals surface area (Å²) >= 11 is 0. The van der Waals surface area contributed by atoms with E-state index in [-0.39, 0.29) is 12.2 Å². The number of hydrogen-bond acceptors (Lipinski definition) is 3. The molecule has 1 aromatic rings. The summed E-state index contributed by atoms with van der Waals surface area (Å²) in [5.41, 5.74) is 1.51. The van der Waals surface area contributed by atoms with Gasteiger partial charge in [-0.15, -0.1) is 0 Å². The van der Waals surface area contributed by atoms with Crippen molar-refractivity contribution in [3.05, 3.63) is 29.3 Å². The van der Waals surface area contributed by atoms with Gasteiger partial charge in [0.1, 0.15) is 5.75 Å². The van der Waals surface area contributed by atoms with E-state index in [1.54, 1.807) is 12.1 Å². The smallest absolute Gasteiger partial charge is 0.119 e. The number of carbonyl (C=O) groups is 1. The second-order valence-electron chi connectivity index (χ2n) is 3.97. The average Bonchev–Trinajstić information content (AvgIpc) is 2.22. The van der Waals surface area contributed by atoms with Gasteiger partial charge in [0.15, 0.2) is 0 Å². The summed E-state index contributed by atoms with van der Waals surface area (Å²) in [6, 6.07) is 5.14. The molecule has 1 aromatic carbocycles. The van der Waals surface area contributed by atoms with Crippen LogP contribution in [0.3, 0.4) is 0 Å². The second-order valence-corrected chi connectivity index (χ2v) is 3.97. The third-order valence-corrected chi connectivity index (χ3v) is 2.55. The third kappa shape index (κ3) is 3.93. The molecule has 0 fully saturated rings. The zero-order chi connectivity index (χ0) is 12.0. The first-order valence-corrected chi connectivity index (χ1v) is 5.64. The molecular formula is C13H17O3-. The number of benzene rings is 1. The number of rotatable bonds is 6. The molecule has 0 saturated carbocycles. The number of aliphatic carboxylic acids is 1. The highest BCUT2D eigenvalue weighted by atomic mass is 16.4. The van der Waals surface area contributed by atoms with Gasteiger partial charge in [-0.3, -0.25) is 0 Å². The normalized spacial score (nSPS) is 10.3. The Morgan fingerprint density at radius 1 is 1.38 bits per heavy atom. The van der Waals surface area contributed by atoms with E-state index in [1.165, 1.54) is 0 Å². The molecule has 1 N–H and O–H groups in total. The highest BCUT2D eigenvalue weighted by Crippen LogP contribution is 2.20. The SMILES string of the molecule is CCCCCc1ccc(O)c(CC(=O)[O-])c1. The topological polar surface area (TPSA) is 60.4 Å². The number of aryl methyl sites for hydroxylation is 1. The van der Waals surface area contributed by atoms with Crippen molar-refractivity contribution in [1.82, 2.24) is 0 Å². The predicted molar refractivity (Wildman–Crippen MR) is 60.0 cm³/mol. The van der Waals surface area contributed by atoms with Gasteiger partial charge in [0.05, 0.1) is 0 Å². The van der Waals surface area contributed by atoms with Crippen molar-refractivity contribution in [3.63, 3.8) is 0 Å². The maximum atomic E-state index is 10.5. The van der Waals surface area contributed by atoms with E-state index in [2.05, 4.69) is 6.92 Å². The number of phenols is 1. The minimum Gasteiger partial charge on any atom is -0.550 e. The van der Waals surface area contributed by atoms with Gasteiger partial charge in [-0.05, 0) is 30.0 Å². The first-order chi connectivity index (χ1) is 7.63. The molecule has 0 atom stereocenters. The van der Waals surface area contributed by atoms with E-state index >= 15 is 0 Å². The van der Waals surface area contributed by atoms with Crippen LogP contribution in [0.25, 0.3) is 0 Å². The minimum absolute atomic E-state index is 0.0310. The van der Waals surface area contributed by atoms with Gasteiger partial charge in [-0.1, -0.05) is 31.9 Å². The van der Waals surface area contributed by atoms with Crippen LogP contribution in [0, 0.1) is 0 Å². The van der Waals surface area contributed by atoms with Crippen molar-refractivity contribution in [2.75, 3.05) is 0 Å². The number of unbranched alkanes of at least 4 members (excludes halogenated alkanes) is 2. The van der Waals surface area contributed by atoms with Crippen LogP contribution in [0.15, 0.2) is 18.2 Å². The summed E-state index contributed by atoms with van der Waals surface area (Å²) in [5, 5.41) is 19.9. The van der Waals surface area contributed by atoms with Crippen LogP contribution in [-0.4, -0.2) is 11.1 Å². The fraction of sp³-hybridized carbons (Fsp3) is 0.462. The third-order valence-electron chi connectivity index (χ3n) is 2.55. The van der Waals surface area contributed by atoms with Crippen molar-refractivity contribution >= 4 is 5.97 Å². The van der Waals surface area contributed by atoms with E-state index in [1.807, 2.05) is 6.07 Å². The molecule has 3 heteroatoms. The Balaban J connectivity index is 2.69. The van der Waals surface area contributed by atoms with E-state index in [9.17, 15) is 15.0 Å². The minimum atomic E-state index is -1.17. The van der Waals surface area contributed by atoms with E-state index in [4.69, 9.17) is 0 Å². The van der Waals surface area contributed by atoms with Crippen LogP contribution in [0.5, 0.6) is 5.75 Å². The second kappa shape index (κ2) is 6.16. The molecule has 0 radical (unpaired) electrons. The largest absolute Gasteiger partial charge is 0.550 e. The fourth-order valence-electron chi connectivity index (χ4n) is 1.67. The maximum absolute atomic E-state index is 10.5. The molecule has 0 bridgehead atoms. The number of aromatic hydroxyl groups is 1. The van der Waals surface area contributed by atoms with Crippen LogP contribution < -0.4 is 5.11 Å². The Labute approximate surface area is 95.7 Å². The van der Waals surface area contributed by atoms with Crippen LogP contribution >= 0.6 is 0 Å². The molecule has 0 unspecified atom stereocenters. The Morgan fingerprint density at radius 3 is 2.75 bits per heavy atom. The molecular weight excluding hydrogens is 204 g/mol. The van der Waals surface area contributed by atoms with E-state index in [0.717, 1.165) is 31.2 Å². The van der Waals surface area contributed by atoms with Crippen LogP contribution in [0.2, 0.25) is 0 Å². The predicted octanol–water partition coefficient (Wildman–Crippen LogP) is 1.42. The molecule has 3 nitrogen and oxygen atoms in total. The summed E-state index contributed by atoms with van der Waals surface area (Å²) in [6.45, 7) is 2.14. The molecule has 0 aliphatic carbocycles. The van der Waals surface area contributed by atoms with Gasteiger partial charge in [-0.25, -0.2) is 0 Å². The highest BCUT2D eigenvalue weighted by molar-refractivity contribution is 5.69. The molecule has 1 rings (SSSR count). The van der Waals surface area contributed by atoms with Crippen molar-refractivity contribution in [3.8, 4) is 5.75 Å². The lowest BCUT2D eigenvalue weighted by Crippen LogP contribution is -2.24. The first kappa shape index (κ1) is 12.6. The molecule has 0 amide bonds. The van der Waals surface area contributed by atoms with Crippen molar-refractivity contribution in [2.24, 2.45) is 0 Å². The Kier molecular flexibility index (Phi) is 4.83. The van der Waals surface area contributed by atoms with Crippen LogP contribution in [0.1, 0.15) is 37.3 Å². The monoisotopic (exact) mass is 221 g/mol. The molecule has 88 valence electrons. The summed E-state index contributed by atoms with van der Waals surface area (Å²) in [4.78, 5) is 10.5. The first-order valence-electron chi connectivity index (χ1n) is 5.64. The van der Waals surface area contributed by atoms with Crippen LogP contribution in [-0.2, 0) is 17.6 Å². The molecule has 0 aliphatic heterocycles. The molecule has 16 heavy (non-hydrogen) atoms. The number of carbonyl (C=O) groups excluding carboxylic acids is 1.